The van der Waals surface area contributed by atoms with Crippen LogP contribution in [0, 0.1) is 0 Å². The van der Waals surface area contributed by atoms with Crippen molar-refractivity contribution in [1.29, 1.82) is 0 Å². The largest absolute Gasteiger partial charge is 0.486 e. The Bertz CT molecular complexity index is 838. The molecule has 0 bridgehead atoms. The fraction of sp³-hybridized carbons (Fsp3) is 0.278. The lowest BCUT2D eigenvalue weighted by molar-refractivity contribution is -0.117. The summed E-state index contributed by atoms with van der Waals surface area (Å²) in [6.45, 7) is 1.71. The van der Waals surface area contributed by atoms with Crippen molar-refractivity contribution in [1.82, 2.24) is 4.98 Å². The molecule has 1 aromatic heterocycles. The van der Waals surface area contributed by atoms with E-state index >= 15 is 0 Å². The number of pyridine rings is 1. The second kappa shape index (κ2) is 6.91. The summed E-state index contributed by atoms with van der Waals surface area (Å²) >= 11 is 0. The quantitative estimate of drug-likeness (QED) is 0.884. The Kier molecular flexibility index (Phi) is 4.30. The first-order valence-corrected chi connectivity index (χ1v) is 8.43. The van der Waals surface area contributed by atoms with Gasteiger partial charge in [-0.05, 0) is 30.7 Å². The van der Waals surface area contributed by atoms with Crippen LogP contribution in [0.3, 0.4) is 0 Å². The van der Waals surface area contributed by atoms with Crippen LogP contribution in [-0.4, -0.2) is 36.7 Å². The molecular formula is C18H18N4O4. The van der Waals surface area contributed by atoms with Crippen molar-refractivity contribution < 1.29 is 19.1 Å². The van der Waals surface area contributed by atoms with Gasteiger partial charge >= 0.3 is 6.03 Å². The van der Waals surface area contributed by atoms with Crippen LogP contribution in [0.25, 0.3) is 0 Å². The highest BCUT2D eigenvalue weighted by atomic mass is 16.6. The average molecular weight is 354 g/mol. The lowest BCUT2D eigenvalue weighted by atomic mass is 10.2. The van der Waals surface area contributed by atoms with E-state index in [-0.39, 0.29) is 5.91 Å². The first kappa shape index (κ1) is 16.2. The number of aromatic nitrogens is 1. The third-order valence-electron chi connectivity index (χ3n) is 4.17. The monoisotopic (exact) mass is 354 g/mol. The fourth-order valence-electron chi connectivity index (χ4n) is 2.94. The lowest BCUT2D eigenvalue weighted by Gasteiger charge is -2.19. The number of carbonyl (C=O) groups is 2. The van der Waals surface area contributed by atoms with Crippen LogP contribution in [0.4, 0.5) is 22.0 Å². The van der Waals surface area contributed by atoms with E-state index in [1.54, 1.807) is 41.4 Å². The predicted octanol–water partition coefficient (Wildman–Crippen LogP) is 2.62. The van der Waals surface area contributed by atoms with E-state index in [1.807, 2.05) is 0 Å². The first-order valence-electron chi connectivity index (χ1n) is 8.43. The van der Waals surface area contributed by atoms with Gasteiger partial charge in [0, 0.05) is 24.7 Å². The molecule has 2 aliphatic rings. The van der Waals surface area contributed by atoms with Crippen molar-refractivity contribution in [3.8, 4) is 11.5 Å². The van der Waals surface area contributed by atoms with E-state index in [2.05, 4.69) is 15.6 Å². The number of nitrogens with zero attached hydrogens (tertiary/aromatic N) is 2. The number of urea groups is 1. The fourth-order valence-corrected chi connectivity index (χ4v) is 2.94. The second-order valence-electron chi connectivity index (χ2n) is 5.99. The van der Waals surface area contributed by atoms with Crippen LogP contribution in [0.15, 0.2) is 36.5 Å². The van der Waals surface area contributed by atoms with Gasteiger partial charge in [-0.1, -0.05) is 0 Å². The molecule has 2 aliphatic heterocycles. The van der Waals surface area contributed by atoms with Crippen molar-refractivity contribution in [3.63, 3.8) is 0 Å². The second-order valence-corrected chi connectivity index (χ2v) is 5.99. The Morgan fingerprint density at radius 1 is 1.08 bits per heavy atom. The summed E-state index contributed by atoms with van der Waals surface area (Å²) in [4.78, 5) is 29.8. The minimum absolute atomic E-state index is 0.101. The molecule has 0 saturated carbocycles. The molecule has 1 fully saturated rings. The van der Waals surface area contributed by atoms with Gasteiger partial charge in [0.15, 0.2) is 11.5 Å². The van der Waals surface area contributed by atoms with Gasteiger partial charge in [-0.2, -0.15) is 0 Å². The Labute approximate surface area is 150 Å². The summed E-state index contributed by atoms with van der Waals surface area (Å²) in [7, 11) is 0. The van der Waals surface area contributed by atoms with Crippen LogP contribution in [0.5, 0.6) is 11.5 Å². The highest BCUT2D eigenvalue weighted by Crippen LogP contribution is 2.32. The first-order chi connectivity index (χ1) is 12.7. The molecule has 26 heavy (non-hydrogen) atoms. The molecule has 1 saturated heterocycles. The Balaban J connectivity index is 1.38. The molecule has 0 spiro atoms. The number of rotatable bonds is 3. The van der Waals surface area contributed by atoms with Crippen LogP contribution < -0.4 is 25.0 Å². The van der Waals surface area contributed by atoms with Crippen molar-refractivity contribution in [2.75, 3.05) is 35.3 Å². The molecule has 2 aromatic rings. The van der Waals surface area contributed by atoms with Gasteiger partial charge in [-0.15, -0.1) is 0 Å². The summed E-state index contributed by atoms with van der Waals surface area (Å²) in [6.07, 6.45) is 3.01. The molecule has 8 heteroatoms. The number of anilines is 3. The van der Waals surface area contributed by atoms with Gasteiger partial charge in [0.05, 0.1) is 11.9 Å². The van der Waals surface area contributed by atoms with E-state index in [4.69, 9.17) is 9.47 Å². The van der Waals surface area contributed by atoms with Gasteiger partial charge in [0.25, 0.3) is 0 Å². The van der Waals surface area contributed by atoms with Crippen LogP contribution >= 0.6 is 0 Å². The van der Waals surface area contributed by atoms with Crippen molar-refractivity contribution >= 4 is 29.1 Å². The van der Waals surface area contributed by atoms with Gasteiger partial charge in [-0.25, -0.2) is 9.78 Å². The van der Waals surface area contributed by atoms with Gasteiger partial charge in [-0.3, -0.25) is 10.1 Å². The van der Waals surface area contributed by atoms with Crippen molar-refractivity contribution in [3.05, 3.63) is 36.5 Å². The Morgan fingerprint density at radius 2 is 1.92 bits per heavy atom. The van der Waals surface area contributed by atoms with Crippen LogP contribution in [-0.2, 0) is 4.79 Å². The topological polar surface area (TPSA) is 92.8 Å². The molecule has 0 unspecified atom stereocenters. The number of nitrogens with one attached hydrogen (secondary N) is 2. The van der Waals surface area contributed by atoms with Crippen LogP contribution in [0.2, 0.25) is 0 Å². The molecule has 3 heterocycles. The number of hydrogen-bond donors (Lipinski definition) is 2. The third kappa shape index (κ3) is 3.39. The number of carbonyl (C=O) groups excluding carboxylic acids is 2. The number of benzene rings is 1. The maximum absolute atomic E-state index is 12.1. The summed E-state index contributed by atoms with van der Waals surface area (Å²) in [5.41, 5.74) is 1.33. The Hall–Kier alpha value is -3.29. The molecule has 8 nitrogen and oxygen atoms in total. The maximum Gasteiger partial charge on any atom is 0.324 e. The lowest BCUT2D eigenvalue weighted by Crippen LogP contribution is -2.24. The molecule has 0 radical (unpaired) electrons. The smallest absolute Gasteiger partial charge is 0.324 e. The van der Waals surface area contributed by atoms with E-state index in [0.29, 0.717) is 49.2 Å². The zero-order chi connectivity index (χ0) is 17.9. The summed E-state index contributed by atoms with van der Waals surface area (Å²) in [6, 6.07) is 8.23. The molecule has 0 atom stereocenters. The highest BCUT2D eigenvalue weighted by molar-refractivity contribution is 5.99. The third-order valence-corrected chi connectivity index (χ3v) is 4.17. The highest BCUT2D eigenvalue weighted by Gasteiger charge is 2.21. The zero-order valence-corrected chi connectivity index (χ0v) is 14.0. The number of fused-ring (bicyclic) bond motifs is 1. The molecule has 1 aromatic carbocycles. The summed E-state index contributed by atoms with van der Waals surface area (Å²) in [5.74, 6) is 1.77. The molecule has 134 valence electrons. The van der Waals surface area contributed by atoms with Crippen molar-refractivity contribution in [2.45, 2.75) is 12.8 Å². The van der Waals surface area contributed by atoms with Gasteiger partial charge in [0.1, 0.15) is 19.0 Å². The normalized spacial score (nSPS) is 15.7. The number of hydrogen-bond acceptors (Lipinski definition) is 5. The minimum Gasteiger partial charge on any atom is -0.486 e. The SMILES string of the molecule is O=C(Nc1ccc2c(c1)OCCO2)Nc1ccc(N2CCCC2=O)cn1. The number of ether oxygens (including phenoxy) is 2. The predicted molar refractivity (Wildman–Crippen MR) is 95.9 cm³/mol. The summed E-state index contributed by atoms with van der Waals surface area (Å²) < 4.78 is 10.9. The van der Waals surface area contributed by atoms with E-state index in [1.165, 1.54) is 0 Å². The average Bonchev–Trinajstić information content (AvgIpc) is 3.08. The summed E-state index contributed by atoms with van der Waals surface area (Å²) in [5, 5.41) is 5.39. The maximum atomic E-state index is 12.1. The molecule has 2 N–H and O–H groups in total. The zero-order valence-electron chi connectivity index (χ0n) is 14.0. The number of amides is 3. The molecular weight excluding hydrogens is 336 g/mol. The van der Waals surface area contributed by atoms with Crippen molar-refractivity contribution in [2.24, 2.45) is 0 Å². The standard InChI is InChI=1S/C18H18N4O4/c23-17-2-1-7-22(17)13-4-6-16(19-11-13)21-18(24)20-12-3-5-14-15(10-12)26-9-8-25-14/h3-6,10-11H,1-2,7-9H2,(H2,19,20,21,24). The molecule has 3 amide bonds. The van der Waals surface area contributed by atoms with E-state index in [9.17, 15) is 9.59 Å². The Morgan fingerprint density at radius 3 is 2.65 bits per heavy atom. The van der Waals surface area contributed by atoms with E-state index < -0.39 is 6.03 Å². The molecule has 4 rings (SSSR count). The minimum atomic E-state index is -0.417. The molecule has 0 aliphatic carbocycles. The van der Waals surface area contributed by atoms with Gasteiger partial charge in [0.2, 0.25) is 5.91 Å². The van der Waals surface area contributed by atoms with Gasteiger partial charge < -0.3 is 19.7 Å². The van der Waals surface area contributed by atoms with Crippen LogP contribution in [0.1, 0.15) is 12.8 Å². The van der Waals surface area contributed by atoms with E-state index in [0.717, 1.165) is 12.1 Å².